The van der Waals surface area contributed by atoms with Crippen LogP contribution < -0.4 is 5.43 Å². The molecule has 102 valence electrons. The van der Waals surface area contributed by atoms with E-state index in [2.05, 4.69) is 15.5 Å². The fourth-order valence-corrected chi connectivity index (χ4v) is 1.95. The Morgan fingerprint density at radius 2 is 1.55 bits per heavy atom. The van der Waals surface area contributed by atoms with E-state index in [0.717, 1.165) is 22.1 Å². The van der Waals surface area contributed by atoms with Crippen molar-refractivity contribution < 1.29 is 0 Å². The second kappa shape index (κ2) is 7.50. The highest BCUT2D eigenvalue weighted by atomic mass is 32.2. The Kier molecular flexibility index (Phi) is 5.38. The molecule has 4 heteroatoms. The second-order valence-electron chi connectivity index (χ2n) is 4.13. The number of aliphatic imine (C=N–C) groups is 1. The number of hydrazone groups is 1. The maximum atomic E-state index is 4.50. The van der Waals surface area contributed by atoms with Crippen molar-refractivity contribution in [3.63, 3.8) is 0 Å². The number of nitrogens with one attached hydrogen (secondary N) is 1. The van der Waals surface area contributed by atoms with Gasteiger partial charge in [0.1, 0.15) is 0 Å². The van der Waals surface area contributed by atoms with E-state index < -0.39 is 0 Å². The number of hydrogen-bond donors (Lipinski definition) is 1. The van der Waals surface area contributed by atoms with Crippen LogP contribution in [0.3, 0.4) is 0 Å². The summed E-state index contributed by atoms with van der Waals surface area (Å²) in [5, 5.41) is 5.15. The first kappa shape index (κ1) is 14.3. The van der Waals surface area contributed by atoms with E-state index >= 15 is 0 Å². The molecule has 0 spiro atoms. The molecule has 0 bridgehead atoms. The van der Waals surface area contributed by atoms with Gasteiger partial charge in [-0.3, -0.25) is 5.43 Å². The zero-order valence-electron chi connectivity index (χ0n) is 11.6. The molecular formula is C16H17N3S. The molecule has 2 aromatic rings. The van der Waals surface area contributed by atoms with Gasteiger partial charge in [0.2, 0.25) is 0 Å². The minimum atomic E-state index is 0.770. The minimum Gasteiger partial charge on any atom is -0.256 e. The number of nitrogens with zero attached hydrogens (tertiary/aromatic N) is 2. The first-order valence-electron chi connectivity index (χ1n) is 6.33. The van der Waals surface area contributed by atoms with Crippen LogP contribution in [0.25, 0.3) is 0 Å². The van der Waals surface area contributed by atoms with E-state index in [1.807, 2.05) is 73.8 Å². The molecule has 0 heterocycles. The predicted octanol–water partition coefficient (Wildman–Crippen LogP) is 4.05. The standard InChI is InChI=1S/C16H17N3S/c1-13(14-9-5-3-6-10-14)18-19-16(20-2)17-15-11-7-4-8-12-15/h3-12H,1-2H3,(H,17,19)/b18-13+. The highest BCUT2D eigenvalue weighted by Gasteiger charge is 1.98. The number of para-hydroxylation sites is 1. The van der Waals surface area contributed by atoms with Gasteiger partial charge in [0, 0.05) is 0 Å². The number of amidine groups is 1. The molecule has 20 heavy (non-hydrogen) atoms. The number of hydrogen-bond acceptors (Lipinski definition) is 3. The van der Waals surface area contributed by atoms with E-state index in [0.29, 0.717) is 0 Å². The molecule has 0 saturated heterocycles. The molecule has 0 amide bonds. The van der Waals surface area contributed by atoms with Gasteiger partial charge in [-0.15, -0.1) is 0 Å². The quantitative estimate of drug-likeness (QED) is 0.524. The average Bonchev–Trinajstić information content (AvgIpc) is 2.53. The average molecular weight is 283 g/mol. The Morgan fingerprint density at radius 3 is 2.15 bits per heavy atom. The third-order valence-electron chi connectivity index (χ3n) is 2.69. The van der Waals surface area contributed by atoms with Crippen LogP contribution >= 0.6 is 11.8 Å². The normalized spacial score (nSPS) is 12.3. The van der Waals surface area contributed by atoms with Gasteiger partial charge in [-0.25, -0.2) is 4.99 Å². The van der Waals surface area contributed by atoms with Crippen molar-refractivity contribution in [2.45, 2.75) is 6.92 Å². The summed E-state index contributed by atoms with van der Waals surface area (Å²) < 4.78 is 0. The van der Waals surface area contributed by atoms with Gasteiger partial charge < -0.3 is 0 Å². The molecule has 0 aliphatic heterocycles. The zero-order chi connectivity index (χ0) is 14.2. The Bertz CT molecular complexity index is 592. The van der Waals surface area contributed by atoms with Crippen molar-refractivity contribution >= 4 is 28.3 Å². The summed E-state index contributed by atoms with van der Waals surface area (Å²) in [5.74, 6) is 0. The maximum Gasteiger partial charge on any atom is 0.182 e. The molecule has 2 aromatic carbocycles. The summed E-state index contributed by atoms with van der Waals surface area (Å²) in [7, 11) is 0. The van der Waals surface area contributed by atoms with E-state index in [1.165, 1.54) is 11.8 Å². The highest BCUT2D eigenvalue weighted by molar-refractivity contribution is 8.13. The smallest absolute Gasteiger partial charge is 0.182 e. The van der Waals surface area contributed by atoms with Crippen molar-refractivity contribution in [3.05, 3.63) is 66.2 Å². The Morgan fingerprint density at radius 1 is 0.950 bits per heavy atom. The fourth-order valence-electron chi connectivity index (χ4n) is 1.61. The van der Waals surface area contributed by atoms with Crippen LogP contribution in [-0.2, 0) is 0 Å². The minimum absolute atomic E-state index is 0.770. The molecular weight excluding hydrogens is 266 g/mol. The van der Waals surface area contributed by atoms with Gasteiger partial charge >= 0.3 is 0 Å². The second-order valence-corrected chi connectivity index (χ2v) is 4.93. The van der Waals surface area contributed by atoms with Crippen LogP contribution in [0.15, 0.2) is 70.8 Å². The van der Waals surface area contributed by atoms with Crippen LogP contribution in [-0.4, -0.2) is 17.1 Å². The number of thioether (sulfide) groups is 1. The Balaban J connectivity index is 2.10. The van der Waals surface area contributed by atoms with Crippen molar-refractivity contribution in [2.75, 3.05) is 6.26 Å². The monoisotopic (exact) mass is 283 g/mol. The molecule has 1 N–H and O–H groups in total. The van der Waals surface area contributed by atoms with Crippen LogP contribution in [0, 0.1) is 0 Å². The molecule has 0 aliphatic rings. The van der Waals surface area contributed by atoms with Crippen molar-refractivity contribution in [2.24, 2.45) is 10.1 Å². The lowest BCUT2D eigenvalue weighted by Gasteiger charge is -2.04. The third kappa shape index (κ3) is 4.24. The zero-order valence-corrected chi connectivity index (χ0v) is 12.4. The summed E-state index contributed by atoms with van der Waals surface area (Å²) in [6, 6.07) is 19.9. The number of benzene rings is 2. The molecule has 0 atom stereocenters. The molecule has 3 nitrogen and oxygen atoms in total. The summed E-state index contributed by atoms with van der Waals surface area (Å²) >= 11 is 1.53. The topological polar surface area (TPSA) is 36.8 Å². The maximum absolute atomic E-state index is 4.50. The summed E-state index contributed by atoms with van der Waals surface area (Å²) in [5.41, 5.74) is 5.96. The highest BCUT2D eigenvalue weighted by Crippen LogP contribution is 2.12. The van der Waals surface area contributed by atoms with E-state index in [4.69, 9.17) is 0 Å². The molecule has 0 unspecified atom stereocenters. The Hall–Kier alpha value is -2.07. The largest absolute Gasteiger partial charge is 0.256 e. The predicted molar refractivity (Wildman–Crippen MR) is 88.8 cm³/mol. The lowest BCUT2D eigenvalue weighted by atomic mass is 10.1. The van der Waals surface area contributed by atoms with Crippen LogP contribution in [0.5, 0.6) is 0 Å². The Labute approximate surface area is 123 Å². The van der Waals surface area contributed by atoms with Crippen LogP contribution in [0.1, 0.15) is 12.5 Å². The summed E-state index contributed by atoms with van der Waals surface area (Å²) in [6.07, 6.45) is 1.97. The van der Waals surface area contributed by atoms with Crippen molar-refractivity contribution in [3.8, 4) is 0 Å². The van der Waals surface area contributed by atoms with Gasteiger partial charge in [0.15, 0.2) is 5.17 Å². The molecule has 0 fully saturated rings. The van der Waals surface area contributed by atoms with E-state index in [-0.39, 0.29) is 0 Å². The van der Waals surface area contributed by atoms with Crippen LogP contribution in [0.4, 0.5) is 5.69 Å². The van der Waals surface area contributed by atoms with Crippen LogP contribution in [0.2, 0.25) is 0 Å². The first-order chi connectivity index (χ1) is 9.79. The number of rotatable bonds is 3. The van der Waals surface area contributed by atoms with Gasteiger partial charge in [-0.1, -0.05) is 60.3 Å². The summed E-state index contributed by atoms with van der Waals surface area (Å²) in [4.78, 5) is 4.50. The van der Waals surface area contributed by atoms with Crippen molar-refractivity contribution in [1.29, 1.82) is 0 Å². The first-order valence-corrected chi connectivity index (χ1v) is 7.55. The van der Waals surface area contributed by atoms with Crippen molar-refractivity contribution in [1.82, 2.24) is 5.43 Å². The molecule has 0 saturated carbocycles. The van der Waals surface area contributed by atoms with E-state index in [9.17, 15) is 0 Å². The van der Waals surface area contributed by atoms with Gasteiger partial charge in [-0.2, -0.15) is 5.10 Å². The van der Waals surface area contributed by atoms with Gasteiger partial charge in [0.05, 0.1) is 11.4 Å². The molecule has 0 aromatic heterocycles. The lowest BCUT2D eigenvalue weighted by Crippen LogP contribution is -2.15. The SMILES string of the molecule is CSC(=Nc1ccccc1)N/N=C(\C)c1ccccc1. The molecule has 0 radical (unpaired) electrons. The molecule has 2 rings (SSSR count). The molecule has 0 aliphatic carbocycles. The van der Waals surface area contributed by atoms with Gasteiger partial charge in [0.25, 0.3) is 0 Å². The lowest BCUT2D eigenvalue weighted by molar-refractivity contribution is 1.04. The fraction of sp³-hybridized carbons (Fsp3) is 0.125. The third-order valence-corrected chi connectivity index (χ3v) is 3.26. The van der Waals surface area contributed by atoms with Gasteiger partial charge in [-0.05, 0) is 30.9 Å². The summed E-state index contributed by atoms with van der Waals surface area (Å²) in [6.45, 7) is 1.97. The van der Waals surface area contributed by atoms with E-state index in [1.54, 1.807) is 0 Å².